The summed E-state index contributed by atoms with van der Waals surface area (Å²) in [5.74, 6) is 0. The molecule has 1 atom stereocenters. The summed E-state index contributed by atoms with van der Waals surface area (Å²) in [4.78, 5) is 14.8. The Morgan fingerprint density at radius 3 is 2.47 bits per heavy atom. The molecule has 0 amide bonds. The average molecular weight is 281 g/mol. The minimum Gasteiger partial charge on any atom is -0.379 e. The summed E-state index contributed by atoms with van der Waals surface area (Å²) in [5.41, 5.74) is -0.150. The summed E-state index contributed by atoms with van der Waals surface area (Å²) < 4.78 is 0. The van der Waals surface area contributed by atoms with Crippen molar-refractivity contribution >= 4 is 17.3 Å². The first-order valence-corrected chi connectivity index (χ1v) is 6.63. The van der Waals surface area contributed by atoms with E-state index >= 15 is 0 Å². The SMILES string of the molecule is O=[N+]([O-])C1(Cl)C(c2ccccc2)=NOC12CCCC2. The van der Waals surface area contributed by atoms with E-state index in [0.29, 0.717) is 18.4 Å². The molecule has 1 aliphatic carbocycles. The number of nitro groups is 1. The highest BCUT2D eigenvalue weighted by atomic mass is 35.5. The van der Waals surface area contributed by atoms with E-state index in [1.54, 1.807) is 24.3 Å². The molecule has 0 radical (unpaired) electrons. The van der Waals surface area contributed by atoms with Crippen molar-refractivity contribution < 1.29 is 9.76 Å². The van der Waals surface area contributed by atoms with Gasteiger partial charge in [-0.3, -0.25) is 10.1 Å². The first-order valence-electron chi connectivity index (χ1n) is 6.26. The van der Waals surface area contributed by atoms with Crippen molar-refractivity contribution in [1.82, 2.24) is 0 Å². The fourth-order valence-electron chi connectivity index (χ4n) is 2.93. The third-order valence-electron chi connectivity index (χ3n) is 3.94. The Bertz CT molecular complexity index is 540. The van der Waals surface area contributed by atoms with Crippen molar-refractivity contribution in [2.24, 2.45) is 5.16 Å². The Morgan fingerprint density at radius 1 is 1.26 bits per heavy atom. The van der Waals surface area contributed by atoms with Gasteiger partial charge in [0.1, 0.15) is 0 Å². The van der Waals surface area contributed by atoms with Crippen LogP contribution >= 0.6 is 11.6 Å². The standard InChI is InChI=1S/C13H13ClN2O3/c14-13(16(17)18)11(10-6-2-1-3-7-10)15-19-12(13)8-4-5-9-12/h1-3,6-7H,4-5,8-9H2. The molecule has 0 N–H and O–H groups in total. The number of nitrogens with zero attached hydrogens (tertiary/aromatic N) is 2. The Labute approximate surface area is 115 Å². The number of oxime groups is 1. The Hall–Kier alpha value is -1.62. The van der Waals surface area contributed by atoms with Gasteiger partial charge in [0.05, 0.1) is 4.92 Å². The number of halogens is 1. The molecular weight excluding hydrogens is 268 g/mol. The minimum absolute atomic E-state index is 0.210. The molecule has 3 rings (SSSR count). The second-order valence-electron chi connectivity index (χ2n) is 4.98. The quantitative estimate of drug-likeness (QED) is 0.362. The van der Waals surface area contributed by atoms with Gasteiger partial charge in [-0.1, -0.05) is 35.5 Å². The zero-order valence-electron chi connectivity index (χ0n) is 10.2. The van der Waals surface area contributed by atoms with Crippen LogP contribution in [0.25, 0.3) is 0 Å². The van der Waals surface area contributed by atoms with E-state index < -0.39 is 15.5 Å². The topological polar surface area (TPSA) is 64.7 Å². The fraction of sp³-hybridized carbons (Fsp3) is 0.462. The highest BCUT2D eigenvalue weighted by Gasteiger charge is 2.71. The first kappa shape index (κ1) is 12.4. The molecule has 1 fully saturated rings. The van der Waals surface area contributed by atoms with Gasteiger partial charge in [0.25, 0.3) is 0 Å². The van der Waals surface area contributed by atoms with E-state index in [-0.39, 0.29) is 5.71 Å². The van der Waals surface area contributed by atoms with Gasteiger partial charge in [-0.2, -0.15) is 0 Å². The van der Waals surface area contributed by atoms with E-state index in [9.17, 15) is 10.1 Å². The molecule has 1 saturated carbocycles. The van der Waals surface area contributed by atoms with Crippen LogP contribution in [0.1, 0.15) is 31.2 Å². The molecule has 0 bridgehead atoms. The lowest BCUT2D eigenvalue weighted by Crippen LogP contribution is -2.56. The van der Waals surface area contributed by atoms with Crippen molar-refractivity contribution in [1.29, 1.82) is 0 Å². The van der Waals surface area contributed by atoms with Crippen LogP contribution in [0.15, 0.2) is 35.5 Å². The lowest BCUT2D eigenvalue weighted by Gasteiger charge is -2.28. The number of hydrogen-bond acceptors (Lipinski definition) is 4. The monoisotopic (exact) mass is 280 g/mol. The molecular formula is C13H13ClN2O3. The second kappa shape index (κ2) is 4.20. The predicted octanol–water partition coefficient (Wildman–Crippen LogP) is 2.95. The highest BCUT2D eigenvalue weighted by molar-refractivity contribution is 6.39. The maximum atomic E-state index is 11.6. The van der Waals surface area contributed by atoms with Crippen LogP contribution in [-0.2, 0) is 4.84 Å². The van der Waals surface area contributed by atoms with Crippen molar-refractivity contribution in [3.05, 3.63) is 46.0 Å². The Morgan fingerprint density at radius 2 is 1.89 bits per heavy atom. The molecule has 1 spiro atoms. The van der Waals surface area contributed by atoms with Crippen LogP contribution in [0.4, 0.5) is 0 Å². The normalized spacial score (nSPS) is 28.2. The van der Waals surface area contributed by atoms with Crippen molar-refractivity contribution in [2.75, 3.05) is 0 Å². The Kier molecular flexibility index (Phi) is 2.74. The molecule has 2 aliphatic rings. The van der Waals surface area contributed by atoms with Crippen LogP contribution in [0.3, 0.4) is 0 Å². The van der Waals surface area contributed by atoms with E-state index in [2.05, 4.69) is 5.16 Å². The van der Waals surface area contributed by atoms with Gasteiger partial charge in [-0.25, -0.2) is 0 Å². The van der Waals surface area contributed by atoms with Gasteiger partial charge in [0, 0.05) is 5.56 Å². The molecule has 1 aliphatic heterocycles. The largest absolute Gasteiger partial charge is 0.382 e. The van der Waals surface area contributed by atoms with Gasteiger partial charge < -0.3 is 4.84 Å². The summed E-state index contributed by atoms with van der Waals surface area (Å²) in [6.45, 7) is 0. The number of hydrogen-bond donors (Lipinski definition) is 0. The average Bonchev–Trinajstić information content (AvgIpc) is 3.00. The molecule has 1 heterocycles. The number of alkyl halides is 1. The number of rotatable bonds is 2. The van der Waals surface area contributed by atoms with Crippen LogP contribution < -0.4 is 0 Å². The maximum absolute atomic E-state index is 11.6. The van der Waals surface area contributed by atoms with Crippen molar-refractivity contribution in [3.8, 4) is 0 Å². The molecule has 0 saturated heterocycles. The van der Waals surface area contributed by atoms with Gasteiger partial charge in [-0.05, 0) is 37.3 Å². The van der Waals surface area contributed by atoms with E-state index in [1.165, 1.54) is 0 Å². The summed E-state index contributed by atoms with van der Waals surface area (Å²) in [6.07, 6.45) is 2.88. The fourth-order valence-corrected chi connectivity index (χ4v) is 3.30. The predicted molar refractivity (Wildman–Crippen MR) is 70.8 cm³/mol. The zero-order chi connectivity index (χ0) is 13.5. The molecule has 100 valence electrons. The molecule has 5 nitrogen and oxygen atoms in total. The summed E-state index contributed by atoms with van der Waals surface area (Å²) in [5, 5.41) is 15.5. The van der Waals surface area contributed by atoms with E-state index in [4.69, 9.17) is 16.4 Å². The molecule has 0 aromatic heterocycles. The first-order chi connectivity index (χ1) is 9.10. The van der Waals surface area contributed by atoms with Gasteiger partial charge in [-0.15, -0.1) is 0 Å². The Balaban J connectivity index is 2.09. The highest BCUT2D eigenvalue weighted by Crippen LogP contribution is 2.51. The molecule has 1 unspecified atom stereocenters. The molecule has 1 aromatic carbocycles. The van der Waals surface area contributed by atoms with Gasteiger partial charge >= 0.3 is 5.00 Å². The van der Waals surface area contributed by atoms with E-state index in [0.717, 1.165) is 12.8 Å². The van der Waals surface area contributed by atoms with Gasteiger partial charge in [0.2, 0.25) is 5.60 Å². The van der Waals surface area contributed by atoms with Gasteiger partial charge in [0.15, 0.2) is 5.71 Å². The summed E-state index contributed by atoms with van der Waals surface area (Å²) >= 11 is 6.41. The van der Waals surface area contributed by atoms with Crippen LogP contribution in [0.5, 0.6) is 0 Å². The number of benzene rings is 1. The third-order valence-corrected chi connectivity index (χ3v) is 4.60. The van der Waals surface area contributed by atoms with Crippen molar-refractivity contribution in [3.63, 3.8) is 0 Å². The van der Waals surface area contributed by atoms with Crippen LogP contribution in [0, 0.1) is 10.1 Å². The third kappa shape index (κ3) is 1.57. The maximum Gasteiger partial charge on any atom is 0.382 e. The smallest absolute Gasteiger partial charge is 0.379 e. The summed E-state index contributed by atoms with van der Waals surface area (Å²) in [6, 6.07) is 8.96. The molecule has 19 heavy (non-hydrogen) atoms. The second-order valence-corrected chi connectivity index (χ2v) is 5.52. The lowest BCUT2D eigenvalue weighted by atomic mass is 9.86. The molecule has 6 heteroatoms. The van der Waals surface area contributed by atoms with Crippen LogP contribution in [-0.4, -0.2) is 21.2 Å². The minimum atomic E-state index is -1.79. The molecule has 1 aromatic rings. The zero-order valence-corrected chi connectivity index (χ0v) is 11.0. The van der Waals surface area contributed by atoms with Crippen molar-refractivity contribution in [2.45, 2.75) is 36.3 Å². The van der Waals surface area contributed by atoms with E-state index in [1.807, 2.05) is 6.07 Å². The van der Waals surface area contributed by atoms with Crippen LogP contribution in [0.2, 0.25) is 0 Å². The summed E-state index contributed by atoms with van der Waals surface area (Å²) in [7, 11) is 0. The lowest BCUT2D eigenvalue weighted by molar-refractivity contribution is -0.540.